The number of nitrogens with two attached hydrogens (primary N) is 1. The monoisotopic (exact) mass is 270 g/mol. The van der Waals surface area contributed by atoms with Crippen molar-refractivity contribution in [3.05, 3.63) is 34.3 Å². The Hall–Kier alpha value is -0.870. The first kappa shape index (κ1) is 12.2. The third-order valence-corrected chi connectivity index (χ3v) is 2.84. The standard InChI is InChI=1S/C11H15BrN2O/c1-8(7-13)14-11(15)6-9-4-2-3-5-10(9)12/h2-5,8H,6-7,13H2,1H3,(H,14,15). The summed E-state index contributed by atoms with van der Waals surface area (Å²) < 4.78 is 0.959. The second-order valence-electron chi connectivity index (χ2n) is 3.47. The maximum Gasteiger partial charge on any atom is 0.224 e. The Balaban J connectivity index is 2.55. The predicted molar refractivity (Wildman–Crippen MR) is 64.5 cm³/mol. The molecule has 0 aliphatic carbocycles. The van der Waals surface area contributed by atoms with E-state index < -0.39 is 0 Å². The summed E-state index contributed by atoms with van der Waals surface area (Å²) >= 11 is 3.40. The van der Waals surface area contributed by atoms with Gasteiger partial charge in [0.15, 0.2) is 0 Å². The Kier molecular flexibility index (Phi) is 4.78. The number of carbonyl (C=O) groups excluding carboxylic acids is 1. The Morgan fingerprint density at radius 2 is 2.20 bits per heavy atom. The zero-order chi connectivity index (χ0) is 11.3. The molecule has 3 nitrogen and oxygen atoms in total. The highest BCUT2D eigenvalue weighted by atomic mass is 79.9. The molecule has 15 heavy (non-hydrogen) atoms. The van der Waals surface area contributed by atoms with Gasteiger partial charge in [-0.25, -0.2) is 0 Å². The van der Waals surface area contributed by atoms with E-state index in [-0.39, 0.29) is 11.9 Å². The van der Waals surface area contributed by atoms with Gasteiger partial charge in [0, 0.05) is 17.1 Å². The minimum atomic E-state index is -0.000139. The molecule has 82 valence electrons. The Bertz CT molecular complexity index is 341. The Labute approximate surface area is 98.2 Å². The summed E-state index contributed by atoms with van der Waals surface area (Å²) in [5.41, 5.74) is 6.41. The summed E-state index contributed by atoms with van der Waals surface area (Å²) in [5, 5.41) is 2.82. The van der Waals surface area contributed by atoms with Crippen LogP contribution in [0.25, 0.3) is 0 Å². The fourth-order valence-corrected chi connectivity index (χ4v) is 1.62. The molecule has 0 saturated heterocycles. The zero-order valence-corrected chi connectivity index (χ0v) is 10.3. The van der Waals surface area contributed by atoms with Crippen molar-refractivity contribution in [1.82, 2.24) is 5.32 Å². The highest BCUT2D eigenvalue weighted by Gasteiger charge is 2.08. The van der Waals surface area contributed by atoms with E-state index in [2.05, 4.69) is 21.2 Å². The van der Waals surface area contributed by atoms with Crippen molar-refractivity contribution in [2.45, 2.75) is 19.4 Å². The van der Waals surface area contributed by atoms with Gasteiger partial charge in [0.05, 0.1) is 6.42 Å². The second kappa shape index (κ2) is 5.88. The van der Waals surface area contributed by atoms with Gasteiger partial charge in [-0.2, -0.15) is 0 Å². The van der Waals surface area contributed by atoms with Crippen LogP contribution in [0.5, 0.6) is 0 Å². The molecule has 0 heterocycles. The summed E-state index contributed by atoms with van der Waals surface area (Å²) in [6.07, 6.45) is 0.381. The summed E-state index contributed by atoms with van der Waals surface area (Å²) in [7, 11) is 0. The minimum absolute atomic E-state index is 0.000139. The fourth-order valence-electron chi connectivity index (χ4n) is 1.20. The molecule has 1 amide bonds. The maximum absolute atomic E-state index is 11.5. The van der Waals surface area contributed by atoms with E-state index in [1.807, 2.05) is 31.2 Å². The molecule has 4 heteroatoms. The van der Waals surface area contributed by atoms with E-state index in [1.54, 1.807) is 0 Å². The maximum atomic E-state index is 11.5. The van der Waals surface area contributed by atoms with E-state index in [9.17, 15) is 4.79 Å². The predicted octanol–water partition coefficient (Wildman–Crippen LogP) is 1.46. The molecule has 1 unspecified atom stereocenters. The number of hydrogen-bond acceptors (Lipinski definition) is 2. The number of hydrogen-bond donors (Lipinski definition) is 2. The van der Waals surface area contributed by atoms with Crippen molar-refractivity contribution in [2.24, 2.45) is 5.73 Å². The van der Waals surface area contributed by atoms with Gasteiger partial charge in [-0.15, -0.1) is 0 Å². The van der Waals surface area contributed by atoms with Crippen LogP contribution in [-0.2, 0) is 11.2 Å². The second-order valence-corrected chi connectivity index (χ2v) is 4.33. The van der Waals surface area contributed by atoms with Crippen LogP contribution >= 0.6 is 15.9 Å². The van der Waals surface area contributed by atoms with Gasteiger partial charge in [-0.1, -0.05) is 34.1 Å². The summed E-state index contributed by atoms with van der Waals surface area (Å²) in [5.74, 6) is -0.000139. The molecule has 0 aliphatic rings. The number of rotatable bonds is 4. The summed E-state index contributed by atoms with van der Waals surface area (Å²) in [4.78, 5) is 11.5. The van der Waals surface area contributed by atoms with Crippen molar-refractivity contribution in [2.75, 3.05) is 6.54 Å². The van der Waals surface area contributed by atoms with Crippen LogP contribution in [0, 0.1) is 0 Å². The number of carbonyl (C=O) groups is 1. The van der Waals surface area contributed by atoms with Crippen molar-refractivity contribution >= 4 is 21.8 Å². The van der Waals surface area contributed by atoms with E-state index in [0.29, 0.717) is 13.0 Å². The van der Waals surface area contributed by atoms with Gasteiger partial charge in [-0.3, -0.25) is 4.79 Å². The molecule has 0 saturated carbocycles. The highest BCUT2D eigenvalue weighted by molar-refractivity contribution is 9.10. The van der Waals surface area contributed by atoms with Crippen LogP contribution < -0.4 is 11.1 Å². The number of nitrogens with one attached hydrogen (secondary N) is 1. The third kappa shape index (κ3) is 4.01. The van der Waals surface area contributed by atoms with Gasteiger partial charge in [0.25, 0.3) is 0 Å². The number of halogens is 1. The van der Waals surface area contributed by atoms with Crippen molar-refractivity contribution < 1.29 is 4.79 Å². The van der Waals surface area contributed by atoms with Gasteiger partial charge >= 0.3 is 0 Å². The fraction of sp³-hybridized carbons (Fsp3) is 0.364. The molecule has 1 aromatic rings. The van der Waals surface area contributed by atoms with E-state index in [0.717, 1.165) is 10.0 Å². The average Bonchev–Trinajstić information content (AvgIpc) is 2.21. The first-order chi connectivity index (χ1) is 7.13. The van der Waals surface area contributed by atoms with E-state index >= 15 is 0 Å². The molecule has 0 radical (unpaired) electrons. The van der Waals surface area contributed by atoms with Crippen molar-refractivity contribution in [1.29, 1.82) is 0 Å². The largest absolute Gasteiger partial charge is 0.352 e. The smallest absolute Gasteiger partial charge is 0.224 e. The first-order valence-corrected chi connectivity index (χ1v) is 5.65. The molecule has 1 atom stereocenters. The molecule has 1 aromatic carbocycles. The Morgan fingerprint density at radius 3 is 2.80 bits per heavy atom. The Morgan fingerprint density at radius 1 is 1.53 bits per heavy atom. The molecule has 3 N–H and O–H groups in total. The molecule has 0 aliphatic heterocycles. The zero-order valence-electron chi connectivity index (χ0n) is 8.66. The quantitative estimate of drug-likeness (QED) is 0.871. The van der Waals surface area contributed by atoms with E-state index in [4.69, 9.17) is 5.73 Å². The van der Waals surface area contributed by atoms with Crippen molar-refractivity contribution in [3.8, 4) is 0 Å². The molecular weight excluding hydrogens is 256 g/mol. The lowest BCUT2D eigenvalue weighted by Gasteiger charge is -2.11. The third-order valence-electron chi connectivity index (χ3n) is 2.07. The SMILES string of the molecule is CC(CN)NC(=O)Cc1ccccc1Br. The lowest BCUT2D eigenvalue weighted by Crippen LogP contribution is -2.38. The van der Waals surface area contributed by atoms with Gasteiger partial charge in [0.2, 0.25) is 5.91 Å². The van der Waals surface area contributed by atoms with Gasteiger partial charge < -0.3 is 11.1 Å². The number of benzene rings is 1. The van der Waals surface area contributed by atoms with Crippen LogP contribution in [-0.4, -0.2) is 18.5 Å². The van der Waals surface area contributed by atoms with Crippen LogP contribution in [0.15, 0.2) is 28.7 Å². The van der Waals surface area contributed by atoms with Crippen LogP contribution in [0.2, 0.25) is 0 Å². The van der Waals surface area contributed by atoms with Crippen LogP contribution in [0.3, 0.4) is 0 Å². The lowest BCUT2D eigenvalue weighted by molar-refractivity contribution is -0.121. The van der Waals surface area contributed by atoms with E-state index in [1.165, 1.54) is 0 Å². The van der Waals surface area contributed by atoms with Gasteiger partial charge in [-0.05, 0) is 18.6 Å². The molecule has 0 spiro atoms. The van der Waals surface area contributed by atoms with Gasteiger partial charge in [0.1, 0.15) is 0 Å². The van der Waals surface area contributed by atoms with Crippen molar-refractivity contribution in [3.63, 3.8) is 0 Å². The summed E-state index contributed by atoms with van der Waals surface area (Å²) in [6.45, 7) is 2.35. The molecular formula is C11H15BrN2O. The van der Waals surface area contributed by atoms with Crippen LogP contribution in [0.1, 0.15) is 12.5 Å². The normalized spacial score (nSPS) is 12.2. The number of amides is 1. The summed E-state index contributed by atoms with van der Waals surface area (Å²) in [6, 6.07) is 7.72. The molecule has 1 rings (SSSR count). The highest BCUT2D eigenvalue weighted by Crippen LogP contribution is 2.16. The first-order valence-electron chi connectivity index (χ1n) is 4.86. The molecule has 0 bridgehead atoms. The minimum Gasteiger partial charge on any atom is -0.352 e. The van der Waals surface area contributed by atoms with Crippen LogP contribution in [0.4, 0.5) is 0 Å². The molecule has 0 fully saturated rings. The lowest BCUT2D eigenvalue weighted by atomic mass is 10.1. The molecule has 0 aromatic heterocycles. The topological polar surface area (TPSA) is 55.1 Å². The average molecular weight is 271 g/mol.